The van der Waals surface area contributed by atoms with Crippen LogP contribution in [0.3, 0.4) is 0 Å². The minimum absolute atomic E-state index is 0.137. The quantitative estimate of drug-likeness (QED) is 0.580. The molecule has 0 saturated carbocycles. The van der Waals surface area contributed by atoms with Gasteiger partial charge in [-0.25, -0.2) is 0 Å². The average Bonchev–Trinajstić information content (AvgIpc) is 1.86. The largest absolute Gasteiger partial charge is 0.141 e. The zero-order valence-corrected chi connectivity index (χ0v) is 8.79. The lowest BCUT2D eigenvalue weighted by molar-refractivity contribution is 0.836. The molecule has 0 atom stereocenters. The fraction of sp³-hybridized carbons (Fsp3) is 0.600. The molecule has 0 saturated heterocycles. The van der Waals surface area contributed by atoms with E-state index < -0.39 is 0 Å². The second-order valence-electron chi connectivity index (χ2n) is 3.72. The molecule has 0 aromatic rings. The molecular formula is C10H18S. The molecule has 0 N–H and O–H groups in total. The van der Waals surface area contributed by atoms with E-state index in [-0.39, 0.29) is 9.49 Å². The molecule has 0 bridgehead atoms. The molecule has 0 aromatic heterocycles. The lowest BCUT2D eigenvalue weighted by Crippen LogP contribution is -2.21. The molecule has 0 nitrogen and oxygen atoms in total. The second-order valence-corrected chi connectivity index (χ2v) is 6.03. The normalized spacial score (nSPS) is 12.7. The van der Waals surface area contributed by atoms with Crippen LogP contribution in [0.4, 0.5) is 0 Å². The summed E-state index contributed by atoms with van der Waals surface area (Å²) in [6.45, 7) is 16.2. The van der Waals surface area contributed by atoms with E-state index in [0.717, 1.165) is 0 Å². The van der Waals surface area contributed by atoms with Gasteiger partial charge < -0.3 is 0 Å². The summed E-state index contributed by atoms with van der Waals surface area (Å²) in [6, 6.07) is 0. The Labute approximate surface area is 74.8 Å². The van der Waals surface area contributed by atoms with Crippen LogP contribution in [0.1, 0.15) is 27.7 Å². The van der Waals surface area contributed by atoms with Gasteiger partial charge >= 0.3 is 0 Å². The van der Waals surface area contributed by atoms with Gasteiger partial charge in [0.1, 0.15) is 0 Å². The van der Waals surface area contributed by atoms with Crippen LogP contribution in [-0.4, -0.2) is 9.49 Å². The SMILES string of the molecule is C=CC(C)(C)SC(C)(C)C=C. The molecule has 11 heavy (non-hydrogen) atoms. The van der Waals surface area contributed by atoms with Crippen molar-refractivity contribution in [2.75, 3.05) is 0 Å². The molecule has 0 unspecified atom stereocenters. The summed E-state index contributed by atoms with van der Waals surface area (Å²) in [5, 5.41) is 0. The number of thioether (sulfide) groups is 1. The van der Waals surface area contributed by atoms with E-state index >= 15 is 0 Å². The van der Waals surface area contributed by atoms with E-state index in [4.69, 9.17) is 0 Å². The van der Waals surface area contributed by atoms with Gasteiger partial charge in [0.15, 0.2) is 0 Å². The maximum atomic E-state index is 3.80. The van der Waals surface area contributed by atoms with Crippen molar-refractivity contribution in [1.82, 2.24) is 0 Å². The van der Waals surface area contributed by atoms with Crippen molar-refractivity contribution in [3.05, 3.63) is 25.3 Å². The Hall–Kier alpha value is -0.170. The molecule has 0 heterocycles. The van der Waals surface area contributed by atoms with E-state index in [9.17, 15) is 0 Å². The van der Waals surface area contributed by atoms with Gasteiger partial charge in [-0.05, 0) is 27.7 Å². The highest BCUT2D eigenvalue weighted by atomic mass is 32.2. The number of hydrogen-bond acceptors (Lipinski definition) is 1. The Bertz CT molecular complexity index is 136. The fourth-order valence-electron chi connectivity index (χ4n) is 0.761. The Balaban J connectivity index is 4.23. The lowest BCUT2D eigenvalue weighted by Gasteiger charge is -2.29. The Morgan fingerprint density at radius 3 is 1.36 bits per heavy atom. The van der Waals surface area contributed by atoms with Crippen molar-refractivity contribution in [1.29, 1.82) is 0 Å². The van der Waals surface area contributed by atoms with Gasteiger partial charge in [-0.3, -0.25) is 0 Å². The van der Waals surface area contributed by atoms with Gasteiger partial charge in [0.25, 0.3) is 0 Å². The van der Waals surface area contributed by atoms with Crippen LogP contribution < -0.4 is 0 Å². The van der Waals surface area contributed by atoms with Crippen molar-refractivity contribution in [3.8, 4) is 0 Å². The summed E-state index contributed by atoms with van der Waals surface area (Å²) in [4.78, 5) is 0. The molecule has 0 fully saturated rings. The summed E-state index contributed by atoms with van der Waals surface area (Å²) < 4.78 is 0.273. The average molecular weight is 170 g/mol. The van der Waals surface area contributed by atoms with Crippen LogP contribution in [0.5, 0.6) is 0 Å². The first kappa shape index (κ1) is 10.8. The summed E-state index contributed by atoms with van der Waals surface area (Å²) in [7, 11) is 0. The molecule has 0 amide bonds. The first-order chi connectivity index (χ1) is 4.83. The van der Waals surface area contributed by atoms with Crippen molar-refractivity contribution < 1.29 is 0 Å². The minimum atomic E-state index is 0.137. The summed E-state index contributed by atoms with van der Waals surface area (Å²) in [5.74, 6) is 0. The third-order valence-electron chi connectivity index (χ3n) is 1.51. The molecule has 0 aliphatic heterocycles. The fourth-order valence-corrected chi connectivity index (χ4v) is 2.28. The van der Waals surface area contributed by atoms with E-state index in [1.807, 2.05) is 23.9 Å². The van der Waals surface area contributed by atoms with Gasteiger partial charge in [0.2, 0.25) is 0 Å². The first-order valence-electron chi connectivity index (χ1n) is 3.80. The third-order valence-corrected chi connectivity index (χ3v) is 2.89. The molecule has 0 aliphatic rings. The van der Waals surface area contributed by atoms with Gasteiger partial charge in [-0.1, -0.05) is 12.2 Å². The maximum Gasteiger partial charge on any atom is 0.0288 e. The zero-order chi connectivity index (χ0) is 9.12. The van der Waals surface area contributed by atoms with Crippen LogP contribution in [0.15, 0.2) is 25.3 Å². The van der Waals surface area contributed by atoms with Gasteiger partial charge in [0, 0.05) is 9.49 Å². The molecule has 0 aromatic carbocycles. The molecule has 0 aliphatic carbocycles. The van der Waals surface area contributed by atoms with Crippen LogP contribution >= 0.6 is 11.8 Å². The highest BCUT2D eigenvalue weighted by Gasteiger charge is 2.23. The predicted molar refractivity (Wildman–Crippen MR) is 56.1 cm³/mol. The topological polar surface area (TPSA) is 0 Å². The second kappa shape index (κ2) is 3.48. The van der Waals surface area contributed by atoms with E-state index in [1.54, 1.807) is 0 Å². The minimum Gasteiger partial charge on any atom is -0.141 e. The highest BCUT2D eigenvalue weighted by molar-refractivity contribution is 8.02. The van der Waals surface area contributed by atoms with Crippen molar-refractivity contribution in [2.24, 2.45) is 0 Å². The molecule has 1 heteroatoms. The first-order valence-corrected chi connectivity index (χ1v) is 4.62. The lowest BCUT2D eigenvalue weighted by atomic mass is 10.2. The van der Waals surface area contributed by atoms with E-state index in [1.165, 1.54) is 0 Å². The van der Waals surface area contributed by atoms with Crippen LogP contribution in [-0.2, 0) is 0 Å². The highest BCUT2D eigenvalue weighted by Crippen LogP contribution is 2.37. The molecule has 0 radical (unpaired) electrons. The summed E-state index contributed by atoms with van der Waals surface area (Å²) >= 11 is 1.87. The molecular weight excluding hydrogens is 152 g/mol. The van der Waals surface area contributed by atoms with E-state index in [2.05, 4.69) is 40.9 Å². The third kappa shape index (κ3) is 4.31. The van der Waals surface area contributed by atoms with Gasteiger partial charge in [0.05, 0.1) is 0 Å². The monoisotopic (exact) mass is 170 g/mol. The Kier molecular flexibility index (Phi) is 3.43. The van der Waals surface area contributed by atoms with Crippen molar-refractivity contribution in [2.45, 2.75) is 37.2 Å². The van der Waals surface area contributed by atoms with Crippen molar-refractivity contribution in [3.63, 3.8) is 0 Å². The van der Waals surface area contributed by atoms with Gasteiger partial charge in [-0.2, -0.15) is 0 Å². The van der Waals surface area contributed by atoms with Crippen LogP contribution in [0.2, 0.25) is 0 Å². The Morgan fingerprint density at radius 1 is 0.909 bits per heavy atom. The Morgan fingerprint density at radius 2 is 1.18 bits per heavy atom. The summed E-state index contributed by atoms with van der Waals surface area (Å²) in [5.41, 5.74) is 0. The van der Waals surface area contributed by atoms with Crippen LogP contribution in [0.25, 0.3) is 0 Å². The molecule has 0 spiro atoms. The summed E-state index contributed by atoms with van der Waals surface area (Å²) in [6.07, 6.45) is 3.95. The molecule has 0 rings (SSSR count). The number of rotatable bonds is 4. The number of hydrogen-bond donors (Lipinski definition) is 0. The smallest absolute Gasteiger partial charge is 0.0288 e. The van der Waals surface area contributed by atoms with Crippen LogP contribution in [0, 0.1) is 0 Å². The van der Waals surface area contributed by atoms with Crippen molar-refractivity contribution >= 4 is 11.8 Å². The predicted octanol–water partition coefficient (Wildman–Crippen LogP) is 3.65. The van der Waals surface area contributed by atoms with E-state index in [0.29, 0.717) is 0 Å². The van der Waals surface area contributed by atoms with Gasteiger partial charge in [-0.15, -0.1) is 24.9 Å². The zero-order valence-electron chi connectivity index (χ0n) is 7.98. The standard InChI is InChI=1S/C10H18S/c1-7-9(3,4)11-10(5,6)8-2/h7-8H,1-2H2,3-6H3. The maximum absolute atomic E-state index is 3.80. The molecule has 64 valence electrons.